The number of sulfonamides is 1. The second-order valence-corrected chi connectivity index (χ2v) is 7.44. The molecule has 0 fully saturated rings. The Balaban J connectivity index is 2.05. The van der Waals surface area contributed by atoms with Gasteiger partial charge in [0.2, 0.25) is 10.0 Å². The van der Waals surface area contributed by atoms with Gasteiger partial charge in [0, 0.05) is 25.7 Å². The molecule has 1 aromatic carbocycles. The Kier molecular flexibility index (Phi) is 3.82. The topological polar surface area (TPSA) is 66.7 Å². The molecule has 0 saturated heterocycles. The van der Waals surface area contributed by atoms with Crippen LogP contribution in [0.5, 0.6) is 0 Å². The molecule has 0 aliphatic carbocycles. The number of anilines is 2. The molecule has 1 atom stereocenters. The van der Waals surface area contributed by atoms with E-state index in [0.717, 1.165) is 24.3 Å². The minimum atomic E-state index is -3.53. The summed E-state index contributed by atoms with van der Waals surface area (Å²) >= 11 is 0. The summed E-state index contributed by atoms with van der Waals surface area (Å²) in [4.78, 5) is 2.09. The lowest BCUT2D eigenvalue weighted by Gasteiger charge is -2.29. The molecule has 1 aliphatic rings. The zero-order chi connectivity index (χ0) is 15.7. The van der Waals surface area contributed by atoms with Gasteiger partial charge < -0.3 is 9.42 Å². The van der Waals surface area contributed by atoms with E-state index in [0.29, 0.717) is 5.69 Å². The van der Waals surface area contributed by atoms with E-state index < -0.39 is 10.0 Å². The van der Waals surface area contributed by atoms with Crippen molar-refractivity contribution < 1.29 is 12.9 Å². The molecule has 2 heterocycles. The zero-order valence-electron chi connectivity index (χ0n) is 12.6. The monoisotopic (exact) mass is 321 g/mol. The van der Waals surface area contributed by atoms with Crippen LogP contribution in [0.4, 0.5) is 11.4 Å². The summed E-state index contributed by atoms with van der Waals surface area (Å²) in [6, 6.07) is 9.07. The SMILES string of the molecule is C[C@H]1CCN(C)c2ccccc2N1S(=O)(=O)Cc1ccon1. The highest BCUT2D eigenvalue weighted by atomic mass is 32.2. The van der Waals surface area contributed by atoms with Gasteiger partial charge in [-0.25, -0.2) is 8.42 Å². The molecule has 0 spiro atoms. The third-order valence-corrected chi connectivity index (χ3v) is 5.75. The van der Waals surface area contributed by atoms with E-state index >= 15 is 0 Å². The van der Waals surface area contributed by atoms with Gasteiger partial charge in [0.1, 0.15) is 17.7 Å². The summed E-state index contributed by atoms with van der Waals surface area (Å²) in [5, 5.41) is 3.72. The molecule has 6 nitrogen and oxygen atoms in total. The van der Waals surface area contributed by atoms with Crippen molar-refractivity contribution in [3.63, 3.8) is 0 Å². The molecular weight excluding hydrogens is 302 g/mol. The van der Waals surface area contributed by atoms with Crippen molar-refractivity contribution in [2.24, 2.45) is 0 Å². The Morgan fingerprint density at radius 1 is 1.27 bits per heavy atom. The van der Waals surface area contributed by atoms with Crippen LogP contribution in [0.25, 0.3) is 0 Å². The van der Waals surface area contributed by atoms with E-state index in [2.05, 4.69) is 10.1 Å². The average molecular weight is 321 g/mol. The number of nitrogens with zero attached hydrogens (tertiary/aromatic N) is 3. The Hall–Kier alpha value is -2.02. The van der Waals surface area contributed by atoms with Crippen LogP contribution in [-0.2, 0) is 15.8 Å². The number of para-hydroxylation sites is 2. The molecule has 1 aliphatic heterocycles. The lowest BCUT2D eigenvalue weighted by Crippen LogP contribution is -2.39. The highest BCUT2D eigenvalue weighted by Crippen LogP contribution is 2.36. The fraction of sp³-hybridized carbons (Fsp3) is 0.400. The standard InChI is InChI=1S/C15H19N3O3S/c1-12-7-9-17(2)14-5-3-4-6-15(14)18(12)22(19,20)11-13-8-10-21-16-13/h3-6,8,10,12H,7,9,11H2,1-2H3/t12-/m0/s1. The summed E-state index contributed by atoms with van der Waals surface area (Å²) in [6.45, 7) is 2.75. The van der Waals surface area contributed by atoms with Crippen LogP contribution in [0.15, 0.2) is 41.1 Å². The van der Waals surface area contributed by atoms with Gasteiger partial charge in [-0.15, -0.1) is 0 Å². The van der Waals surface area contributed by atoms with Crippen LogP contribution in [-0.4, -0.2) is 33.2 Å². The maximum Gasteiger partial charge on any atom is 0.241 e. The van der Waals surface area contributed by atoms with Gasteiger partial charge in [-0.3, -0.25) is 4.31 Å². The zero-order valence-corrected chi connectivity index (χ0v) is 13.5. The summed E-state index contributed by atoms with van der Waals surface area (Å²) in [5.41, 5.74) is 2.07. The number of rotatable bonds is 3. The first-order chi connectivity index (χ1) is 10.5. The van der Waals surface area contributed by atoms with Crippen LogP contribution in [0.3, 0.4) is 0 Å². The van der Waals surface area contributed by atoms with E-state index in [1.165, 1.54) is 10.6 Å². The van der Waals surface area contributed by atoms with Crippen LogP contribution in [0.1, 0.15) is 19.0 Å². The van der Waals surface area contributed by atoms with Crippen LogP contribution >= 0.6 is 0 Å². The van der Waals surface area contributed by atoms with Gasteiger partial charge in [-0.2, -0.15) is 0 Å². The molecular formula is C15H19N3O3S. The predicted molar refractivity (Wildman–Crippen MR) is 85.4 cm³/mol. The van der Waals surface area contributed by atoms with Crippen molar-refractivity contribution in [1.82, 2.24) is 5.16 Å². The molecule has 2 aromatic rings. The lowest BCUT2D eigenvalue weighted by molar-refractivity contribution is 0.413. The number of aromatic nitrogens is 1. The van der Waals surface area contributed by atoms with Gasteiger partial charge in [0.15, 0.2) is 0 Å². The number of hydrogen-bond acceptors (Lipinski definition) is 5. The number of fused-ring (bicyclic) bond motifs is 1. The maximum atomic E-state index is 12.9. The lowest BCUT2D eigenvalue weighted by atomic mass is 10.2. The minimum absolute atomic E-state index is 0.108. The van der Waals surface area contributed by atoms with E-state index in [4.69, 9.17) is 4.52 Å². The highest BCUT2D eigenvalue weighted by molar-refractivity contribution is 7.92. The van der Waals surface area contributed by atoms with Gasteiger partial charge in [-0.05, 0) is 25.5 Å². The molecule has 0 N–H and O–H groups in total. The molecule has 0 saturated carbocycles. The second kappa shape index (κ2) is 5.64. The van der Waals surface area contributed by atoms with Crippen molar-refractivity contribution in [1.29, 1.82) is 0 Å². The van der Waals surface area contributed by atoms with Gasteiger partial charge in [0.25, 0.3) is 0 Å². The van der Waals surface area contributed by atoms with E-state index in [-0.39, 0.29) is 11.8 Å². The molecule has 0 amide bonds. The normalized spacial score (nSPS) is 18.9. The van der Waals surface area contributed by atoms with Crippen molar-refractivity contribution >= 4 is 21.4 Å². The molecule has 0 radical (unpaired) electrons. The first-order valence-electron chi connectivity index (χ1n) is 7.20. The highest BCUT2D eigenvalue weighted by Gasteiger charge is 2.33. The van der Waals surface area contributed by atoms with Crippen molar-refractivity contribution in [3.8, 4) is 0 Å². The fourth-order valence-corrected chi connectivity index (χ4v) is 4.59. The molecule has 1 aromatic heterocycles. The smallest absolute Gasteiger partial charge is 0.241 e. The van der Waals surface area contributed by atoms with Crippen LogP contribution < -0.4 is 9.21 Å². The molecule has 22 heavy (non-hydrogen) atoms. The summed E-state index contributed by atoms with van der Waals surface area (Å²) in [5.74, 6) is -0.161. The Bertz CT molecular complexity index is 743. The number of hydrogen-bond donors (Lipinski definition) is 0. The van der Waals surface area contributed by atoms with E-state index in [1.807, 2.05) is 38.2 Å². The van der Waals surface area contributed by atoms with Gasteiger partial charge >= 0.3 is 0 Å². The predicted octanol–water partition coefficient (Wildman–Crippen LogP) is 2.24. The van der Waals surface area contributed by atoms with E-state index in [1.54, 1.807) is 6.07 Å². The Morgan fingerprint density at radius 3 is 2.68 bits per heavy atom. The molecule has 7 heteroatoms. The van der Waals surface area contributed by atoms with Crippen molar-refractivity contribution in [3.05, 3.63) is 42.3 Å². The van der Waals surface area contributed by atoms with Crippen LogP contribution in [0.2, 0.25) is 0 Å². The largest absolute Gasteiger partial charge is 0.373 e. The Morgan fingerprint density at radius 2 is 2.00 bits per heavy atom. The second-order valence-electron chi connectivity index (χ2n) is 5.59. The average Bonchev–Trinajstić information content (AvgIpc) is 2.92. The first kappa shape index (κ1) is 14.9. The molecule has 0 bridgehead atoms. The third-order valence-electron chi connectivity index (χ3n) is 3.93. The van der Waals surface area contributed by atoms with Crippen LogP contribution in [0, 0.1) is 0 Å². The first-order valence-corrected chi connectivity index (χ1v) is 8.81. The summed E-state index contributed by atoms with van der Waals surface area (Å²) < 4.78 is 32.1. The van der Waals surface area contributed by atoms with E-state index in [9.17, 15) is 8.42 Å². The fourth-order valence-electron chi connectivity index (χ4n) is 2.82. The summed E-state index contributed by atoms with van der Waals surface area (Å²) in [6.07, 6.45) is 2.15. The molecule has 0 unspecified atom stereocenters. The Labute approximate surface area is 130 Å². The van der Waals surface area contributed by atoms with Gasteiger partial charge in [-0.1, -0.05) is 17.3 Å². The molecule has 3 rings (SSSR count). The molecule has 118 valence electrons. The van der Waals surface area contributed by atoms with Gasteiger partial charge in [0.05, 0.1) is 11.4 Å². The maximum absolute atomic E-state index is 12.9. The summed E-state index contributed by atoms with van der Waals surface area (Å²) in [7, 11) is -1.55. The quantitative estimate of drug-likeness (QED) is 0.867. The minimum Gasteiger partial charge on any atom is -0.373 e. The number of benzene rings is 1. The van der Waals surface area contributed by atoms with Crippen molar-refractivity contribution in [2.75, 3.05) is 22.8 Å². The van der Waals surface area contributed by atoms with Crippen molar-refractivity contribution in [2.45, 2.75) is 25.1 Å². The third kappa shape index (κ3) is 2.68.